The van der Waals surface area contributed by atoms with Gasteiger partial charge in [-0.05, 0) is 25.7 Å². The number of rotatable bonds is 2. The van der Waals surface area contributed by atoms with Crippen molar-refractivity contribution in [3.8, 4) is 6.01 Å². The number of nitrogens with zero attached hydrogens (tertiary/aromatic N) is 3. The third-order valence-corrected chi connectivity index (χ3v) is 2.73. The molecule has 0 aromatic carbocycles. The first-order chi connectivity index (χ1) is 7.42. The molecule has 0 saturated heterocycles. The van der Waals surface area contributed by atoms with E-state index < -0.39 is 0 Å². The Kier molecular flexibility index (Phi) is 2.01. The van der Waals surface area contributed by atoms with Gasteiger partial charge in [-0.15, -0.1) is 0 Å². The van der Waals surface area contributed by atoms with Crippen LogP contribution in [0.1, 0.15) is 25.7 Å². The van der Waals surface area contributed by atoms with Crippen LogP contribution in [0.3, 0.4) is 0 Å². The lowest BCUT2D eigenvalue weighted by Gasteiger charge is -2.09. The summed E-state index contributed by atoms with van der Waals surface area (Å²) >= 11 is 0. The van der Waals surface area contributed by atoms with Crippen LogP contribution in [0.2, 0.25) is 0 Å². The van der Waals surface area contributed by atoms with Gasteiger partial charge in [-0.2, -0.15) is 4.98 Å². The van der Waals surface area contributed by atoms with Crippen molar-refractivity contribution in [1.82, 2.24) is 19.9 Å². The molecule has 3 rings (SSSR count). The van der Waals surface area contributed by atoms with Crippen LogP contribution in [0.5, 0.6) is 6.01 Å². The minimum absolute atomic E-state index is 0.297. The summed E-state index contributed by atoms with van der Waals surface area (Å²) in [6, 6.07) is 0.457. The second-order valence-electron chi connectivity index (χ2n) is 3.81. The summed E-state index contributed by atoms with van der Waals surface area (Å²) in [4.78, 5) is 15.4. The molecule has 0 amide bonds. The third-order valence-electron chi connectivity index (χ3n) is 2.73. The Labute approximate surface area is 86.9 Å². The Morgan fingerprint density at radius 1 is 1.27 bits per heavy atom. The quantitative estimate of drug-likeness (QED) is 0.808. The second-order valence-corrected chi connectivity index (χ2v) is 3.81. The molecule has 1 saturated carbocycles. The maximum atomic E-state index is 5.68. The molecular weight excluding hydrogens is 192 g/mol. The number of H-pyrrole nitrogens is 1. The highest BCUT2D eigenvalue weighted by Crippen LogP contribution is 2.22. The van der Waals surface area contributed by atoms with Crippen molar-refractivity contribution in [3.63, 3.8) is 0 Å². The molecule has 2 heterocycles. The number of aromatic nitrogens is 4. The van der Waals surface area contributed by atoms with Crippen molar-refractivity contribution >= 4 is 11.2 Å². The zero-order valence-electron chi connectivity index (χ0n) is 8.31. The van der Waals surface area contributed by atoms with E-state index >= 15 is 0 Å². The second kappa shape index (κ2) is 3.49. The van der Waals surface area contributed by atoms with Gasteiger partial charge in [0, 0.05) is 0 Å². The van der Waals surface area contributed by atoms with Crippen LogP contribution in [-0.4, -0.2) is 26.0 Å². The summed E-state index contributed by atoms with van der Waals surface area (Å²) in [6.45, 7) is 0. The van der Waals surface area contributed by atoms with Crippen LogP contribution in [0.4, 0.5) is 0 Å². The minimum Gasteiger partial charge on any atom is -0.460 e. The lowest BCUT2D eigenvalue weighted by Crippen LogP contribution is -2.12. The monoisotopic (exact) mass is 204 g/mol. The molecular formula is C10H12N4O. The molecule has 2 aromatic heterocycles. The Hall–Kier alpha value is -1.65. The van der Waals surface area contributed by atoms with E-state index in [0.717, 1.165) is 24.0 Å². The summed E-state index contributed by atoms with van der Waals surface area (Å²) < 4.78 is 5.68. The summed E-state index contributed by atoms with van der Waals surface area (Å²) in [5, 5.41) is 0. The maximum absolute atomic E-state index is 5.68. The van der Waals surface area contributed by atoms with Gasteiger partial charge in [0.05, 0.1) is 12.5 Å². The van der Waals surface area contributed by atoms with Crippen molar-refractivity contribution in [1.29, 1.82) is 0 Å². The van der Waals surface area contributed by atoms with E-state index in [-0.39, 0.29) is 0 Å². The molecule has 5 heteroatoms. The fourth-order valence-corrected chi connectivity index (χ4v) is 1.94. The molecule has 15 heavy (non-hydrogen) atoms. The third kappa shape index (κ3) is 1.65. The topological polar surface area (TPSA) is 63.7 Å². The number of hydrogen-bond donors (Lipinski definition) is 1. The molecule has 78 valence electrons. The summed E-state index contributed by atoms with van der Waals surface area (Å²) in [5.74, 6) is 0. The van der Waals surface area contributed by atoms with E-state index in [1.165, 1.54) is 12.8 Å². The molecule has 1 aliphatic carbocycles. The Morgan fingerprint density at radius 3 is 3.00 bits per heavy atom. The molecule has 1 N–H and O–H groups in total. The first kappa shape index (κ1) is 8.64. The zero-order valence-corrected chi connectivity index (χ0v) is 8.31. The fourth-order valence-electron chi connectivity index (χ4n) is 1.94. The minimum atomic E-state index is 0.297. The van der Waals surface area contributed by atoms with Crippen LogP contribution in [0.15, 0.2) is 12.5 Å². The molecule has 5 nitrogen and oxygen atoms in total. The van der Waals surface area contributed by atoms with Crippen molar-refractivity contribution in [2.45, 2.75) is 31.8 Å². The van der Waals surface area contributed by atoms with Crippen LogP contribution < -0.4 is 4.74 Å². The predicted molar refractivity (Wildman–Crippen MR) is 54.6 cm³/mol. The van der Waals surface area contributed by atoms with Gasteiger partial charge in [0.1, 0.15) is 11.6 Å². The van der Waals surface area contributed by atoms with E-state index in [4.69, 9.17) is 4.74 Å². The standard InChI is InChI=1S/C10H12N4O/c1-2-4-7(3-1)15-10-11-5-8-9(14-10)13-6-12-8/h5-7H,1-4H2,(H,11,12,13,14). The van der Waals surface area contributed by atoms with Crippen LogP contribution >= 0.6 is 0 Å². The lowest BCUT2D eigenvalue weighted by atomic mass is 10.3. The predicted octanol–water partition coefficient (Wildman–Crippen LogP) is 1.67. The van der Waals surface area contributed by atoms with Gasteiger partial charge in [0.2, 0.25) is 0 Å². The molecule has 0 atom stereocenters. The lowest BCUT2D eigenvalue weighted by molar-refractivity contribution is 0.193. The molecule has 1 aliphatic rings. The average molecular weight is 204 g/mol. The van der Waals surface area contributed by atoms with Gasteiger partial charge in [0.25, 0.3) is 0 Å². The van der Waals surface area contributed by atoms with Crippen molar-refractivity contribution < 1.29 is 4.74 Å². The normalized spacial score (nSPS) is 17.3. The maximum Gasteiger partial charge on any atom is 0.318 e. The summed E-state index contributed by atoms with van der Waals surface area (Å²) in [5.41, 5.74) is 1.51. The van der Waals surface area contributed by atoms with E-state index in [1.807, 2.05) is 0 Å². The van der Waals surface area contributed by atoms with Crippen LogP contribution in [0.25, 0.3) is 11.2 Å². The van der Waals surface area contributed by atoms with Gasteiger partial charge >= 0.3 is 6.01 Å². The Bertz CT molecular complexity index is 461. The van der Waals surface area contributed by atoms with Crippen molar-refractivity contribution in [2.75, 3.05) is 0 Å². The molecule has 0 bridgehead atoms. The number of aromatic amines is 1. The molecule has 2 aromatic rings. The number of imidazole rings is 1. The SMILES string of the molecule is c1nc2cnc(OC3CCCC3)nc2[nH]1. The van der Waals surface area contributed by atoms with Crippen LogP contribution in [-0.2, 0) is 0 Å². The van der Waals surface area contributed by atoms with Gasteiger partial charge in [-0.3, -0.25) is 0 Å². The van der Waals surface area contributed by atoms with E-state index in [1.54, 1.807) is 12.5 Å². The van der Waals surface area contributed by atoms with Gasteiger partial charge in [-0.25, -0.2) is 9.97 Å². The van der Waals surface area contributed by atoms with Crippen molar-refractivity contribution in [3.05, 3.63) is 12.5 Å². The van der Waals surface area contributed by atoms with Crippen LogP contribution in [0, 0.1) is 0 Å². The highest BCUT2D eigenvalue weighted by Gasteiger charge is 2.17. The molecule has 1 fully saturated rings. The first-order valence-corrected chi connectivity index (χ1v) is 5.24. The molecule has 0 spiro atoms. The van der Waals surface area contributed by atoms with Gasteiger partial charge in [0.15, 0.2) is 5.65 Å². The van der Waals surface area contributed by atoms with Gasteiger partial charge in [-0.1, -0.05) is 0 Å². The highest BCUT2D eigenvalue weighted by molar-refractivity contribution is 5.68. The summed E-state index contributed by atoms with van der Waals surface area (Å²) in [7, 11) is 0. The Morgan fingerprint density at radius 2 is 2.13 bits per heavy atom. The fraction of sp³-hybridized carbons (Fsp3) is 0.500. The van der Waals surface area contributed by atoms with E-state index in [2.05, 4.69) is 19.9 Å². The van der Waals surface area contributed by atoms with Gasteiger partial charge < -0.3 is 9.72 Å². The zero-order chi connectivity index (χ0) is 10.1. The molecule has 0 aliphatic heterocycles. The Balaban J connectivity index is 1.84. The molecule has 0 unspecified atom stereocenters. The number of nitrogens with one attached hydrogen (secondary N) is 1. The highest BCUT2D eigenvalue weighted by atomic mass is 16.5. The summed E-state index contributed by atoms with van der Waals surface area (Å²) in [6.07, 6.45) is 8.31. The smallest absolute Gasteiger partial charge is 0.318 e. The number of ether oxygens (including phenoxy) is 1. The number of fused-ring (bicyclic) bond motifs is 1. The largest absolute Gasteiger partial charge is 0.460 e. The number of hydrogen-bond acceptors (Lipinski definition) is 4. The molecule has 0 radical (unpaired) electrons. The average Bonchev–Trinajstić information content (AvgIpc) is 2.87. The first-order valence-electron chi connectivity index (χ1n) is 5.24. The van der Waals surface area contributed by atoms with E-state index in [0.29, 0.717) is 12.1 Å². The van der Waals surface area contributed by atoms with E-state index in [9.17, 15) is 0 Å². The van der Waals surface area contributed by atoms with Crippen molar-refractivity contribution in [2.24, 2.45) is 0 Å².